The lowest BCUT2D eigenvalue weighted by molar-refractivity contribution is -0.118. The highest BCUT2D eigenvalue weighted by Gasteiger charge is 2.12. The maximum absolute atomic E-state index is 11.3. The van der Waals surface area contributed by atoms with Gasteiger partial charge in [-0.1, -0.05) is 0 Å². The second-order valence-corrected chi connectivity index (χ2v) is 3.09. The molecule has 0 saturated heterocycles. The third-order valence-corrected chi connectivity index (χ3v) is 1.91. The minimum atomic E-state index is -0.646. The van der Waals surface area contributed by atoms with Gasteiger partial charge in [0.15, 0.2) is 5.76 Å². The lowest BCUT2D eigenvalue weighted by Gasteiger charge is -1.93. The second-order valence-electron chi connectivity index (χ2n) is 3.09. The van der Waals surface area contributed by atoms with E-state index in [9.17, 15) is 9.59 Å². The summed E-state index contributed by atoms with van der Waals surface area (Å²) >= 11 is 0. The monoisotopic (exact) mass is 223 g/mol. The molecule has 0 saturated carbocycles. The highest BCUT2D eigenvalue weighted by molar-refractivity contribution is 5.73. The Kier molecular flexibility index (Phi) is 2.59. The zero-order chi connectivity index (χ0) is 11.5. The van der Waals surface area contributed by atoms with Gasteiger partial charge in [-0.05, 0) is 12.1 Å². The van der Waals surface area contributed by atoms with E-state index in [2.05, 4.69) is 5.10 Å². The first kappa shape index (κ1) is 10.2. The van der Waals surface area contributed by atoms with Crippen molar-refractivity contribution in [2.45, 2.75) is 13.0 Å². The molecule has 0 aliphatic rings. The summed E-state index contributed by atoms with van der Waals surface area (Å²) in [6, 6.07) is 3.27. The predicted molar refractivity (Wildman–Crippen MR) is 52.3 cm³/mol. The van der Waals surface area contributed by atoms with E-state index < -0.39 is 11.7 Å². The molecule has 0 atom stereocenters. The van der Waals surface area contributed by atoms with E-state index in [0.717, 1.165) is 4.68 Å². The first-order chi connectivity index (χ1) is 7.66. The summed E-state index contributed by atoms with van der Waals surface area (Å²) in [4.78, 5) is 21.8. The Morgan fingerprint density at radius 3 is 3.00 bits per heavy atom. The van der Waals surface area contributed by atoms with Gasteiger partial charge in [0.1, 0.15) is 0 Å². The van der Waals surface area contributed by atoms with E-state index in [0.29, 0.717) is 5.76 Å². The summed E-state index contributed by atoms with van der Waals surface area (Å²) in [5, 5.41) is 3.86. The van der Waals surface area contributed by atoms with Gasteiger partial charge in [0.05, 0.1) is 12.8 Å². The van der Waals surface area contributed by atoms with E-state index in [-0.39, 0.29) is 18.9 Å². The van der Waals surface area contributed by atoms with E-state index in [1.807, 2.05) is 0 Å². The minimum Gasteiger partial charge on any atom is -0.459 e. The number of amides is 1. The van der Waals surface area contributed by atoms with Gasteiger partial charge in [-0.15, -0.1) is 5.10 Å². The van der Waals surface area contributed by atoms with Gasteiger partial charge in [-0.3, -0.25) is 4.79 Å². The summed E-state index contributed by atoms with van der Waals surface area (Å²) in [5.74, 6) is -0.712. The summed E-state index contributed by atoms with van der Waals surface area (Å²) in [5.41, 5.74) is 4.96. The smallest absolute Gasteiger partial charge is 0.437 e. The molecule has 7 nitrogen and oxygen atoms in total. The zero-order valence-electron chi connectivity index (χ0n) is 8.25. The van der Waals surface area contributed by atoms with Crippen LogP contribution in [-0.2, 0) is 11.3 Å². The van der Waals surface area contributed by atoms with Crippen LogP contribution in [-0.4, -0.2) is 15.7 Å². The third-order valence-electron chi connectivity index (χ3n) is 1.91. The summed E-state index contributed by atoms with van der Waals surface area (Å²) < 4.78 is 10.9. The van der Waals surface area contributed by atoms with Crippen LogP contribution in [0.25, 0.3) is 11.7 Å². The summed E-state index contributed by atoms with van der Waals surface area (Å²) in [7, 11) is 0. The van der Waals surface area contributed by atoms with Crippen LogP contribution in [0.5, 0.6) is 0 Å². The predicted octanol–water partition coefficient (Wildman–Crippen LogP) is -0.0283. The fourth-order valence-corrected chi connectivity index (χ4v) is 1.16. The van der Waals surface area contributed by atoms with Crippen LogP contribution in [0.2, 0.25) is 0 Å². The number of carbonyl (C=O) groups excluding carboxylic acids is 1. The van der Waals surface area contributed by atoms with Crippen molar-refractivity contribution >= 4 is 5.91 Å². The SMILES string of the molecule is NC(=O)CCn1nc(-c2ccco2)oc1=O. The number of aryl methyl sites for hydroxylation is 1. The molecule has 2 N–H and O–H groups in total. The van der Waals surface area contributed by atoms with E-state index in [4.69, 9.17) is 14.6 Å². The Morgan fingerprint density at radius 1 is 1.56 bits per heavy atom. The lowest BCUT2D eigenvalue weighted by atomic mass is 10.4. The molecule has 0 bridgehead atoms. The number of aromatic nitrogens is 2. The van der Waals surface area contributed by atoms with Crippen molar-refractivity contribution in [3.05, 3.63) is 28.9 Å². The Morgan fingerprint density at radius 2 is 2.38 bits per heavy atom. The van der Waals surface area contributed by atoms with Crippen LogP contribution >= 0.6 is 0 Å². The fourth-order valence-electron chi connectivity index (χ4n) is 1.16. The maximum Gasteiger partial charge on any atom is 0.437 e. The number of hydrogen-bond acceptors (Lipinski definition) is 5. The third kappa shape index (κ3) is 2.02. The van der Waals surface area contributed by atoms with Crippen LogP contribution in [0.3, 0.4) is 0 Å². The van der Waals surface area contributed by atoms with Crippen LogP contribution in [0.15, 0.2) is 32.0 Å². The van der Waals surface area contributed by atoms with Gasteiger partial charge in [-0.2, -0.15) is 4.68 Å². The molecule has 7 heteroatoms. The average Bonchev–Trinajstić information content (AvgIpc) is 2.83. The molecule has 84 valence electrons. The molecule has 0 aliphatic carbocycles. The molecule has 2 rings (SSSR count). The topological polar surface area (TPSA) is 104 Å². The lowest BCUT2D eigenvalue weighted by Crippen LogP contribution is -2.20. The highest BCUT2D eigenvalue weighted by atomic mass is 16.4. The Balaban J connectivity index is 2.22. The normalized spacial score (nSPS) is 10.5. The second kappa shape index (κ2) is 4.05. The molecule has 0 radical (unpaired) electrons. The Hall–Kier alpha value is -2.31. The molecule has 1 amide bonds. The molecule has 16 heavy (non-hydrogen) atoms. The molecular weight excluding hydrogens is 214 g/mol. The van der Waals surface area contributed by atoms with Gasteiger partial charge in [0, 0.05) is 6.42 Å². The maximum atomic E-state index is 11.3. The molecule has 2 aromatic heterocycles. The number of furan rings is 1. The molecule has 0 spiro atoms. The molecule has 0 aliphatic heterocycles. The van der Waals surface area contributed by atoms with Crippen molar-refractivity contribution < 1.29 is 13.6 Å². The van der Waals surface area contributed by atoms with Crippen molar-refractivity contribution in [3.63, 3.8) is 0 Å². The average molecular weight is 223 g/mol. The zero-order valence-corrected chi connectivity index (χ0v) is 8.25. The van der Waals surface area contributed by atoms with Gasteiger partial charge < -0.3 is 14.6 Å². The van der Waals surface area contributed by atoms with Crippen LogP contribution < -0.4 is 11.5 Å². The highest BCUT2D eigenvalue weighted by Crippen LogP contribution is 2.14. The number of carbonyl (C=O) groups is 1. The first-order valence-corrected chi connectivity index (χ1v) is 4.57. The molecule has 0 aromatic carbocycles. The van der Waals surface area contributed by atoms with Gasteiger partial charge in [0.25, 0.3) is 5.89 Å². The van der Waals surface area contributed by atoms with Crippen molar-refractivity contribution in [1.82, 2.24) is 9.78 Å². The molecular formula is C9H9N3O4. The van der Waals surface area contributed by atoms with Crippen LogP contribution in [0.1, 0.15) is 6.42 Å². The number of rotatable bonds is 4. The number of primary amides is 1. The number of nitrogens with two attached hydrogens (primary N) is 1. The van der Waals surface area contributed by atoms with Crippen molar-refractivity contribution in [3.8, 4) is 11.7 Å². The largest absolute Gasteiger partial charge is 0.459 e. The van der Waals surface area contributed by atoms with E-state index in [1.165, 1.54) is 6.26 Å². The van der Waals surface area contributed by atoms with E-state index >= 15 is 0 Å². The molecule has 2 heterocycles. The molecule has 2 aromatic rings. The Bertz CT molecular complexity index is 537. The van der Waals surface area contributed by atoms with Gasteiger partial charge in [-0.25, -0.2) is 4.79 Å². The summed E-state index contributed by atoms with van der Waals surface area (Å²) in [6.07, 6.45) is 1.47. The molecule has 0 unspecified atom stereocenters. The minimum absolute atomic E-state index is 0.0318. The van der Waals surface area contributed by atoms with Crippen molar-refractivity contribution in [1.29, 1.82) is 0 Å². The fraction of sp³-hybridized carbons (Fsp3) is 0.222. The van der Waals surface area contributed by atoms with Crippen molar-refractivity contribution in [2.24, 2.45) is 5.73 Å². The van der Waals surface area contributed by atoms with Gasteiger partial charge in [0.2, 0.25) is 5.91 Å². The first-order valence-electron chi connectivity index (χ1n) is 4.57. The molecule has 0 fully saturated rings. The number of nitrogens with zero attached hydrogens (tertiary/aromatic N) is 2. The quantitative estimate of drug-likeness (QED) is 0.783. The van der Waals surface area contributed by atoms with E-state index in [1.54, 1.807) is 12.1 Å². The van der Waals surface area contributed by atoms with Crippen molar-refractivity contribution in [2.75, 3.05) is 0 Å². The van der Waals surface area contributed by atoms with Crippen LogP contribution in [0, 0.1) is 0 Å². The Labute approximate surface area is 89.5 Å². The van der Waals surface area contributed by atoms with Gasteiger partial charge >= 0.3 is 5.76 Å². The summed E-state index contributed by atoms with van der Waals surface area (Å²) in [6.45, 7) is 0.0956. The standard InChI is InChI=1S/C9H9N3O4/c10-7(13)3-4-12-9(14)16-8(11-12)6-2-1-5-15-6/h1-2,5H,3-4H2,(H2,10,13). The number of hydrogen-bond donors (Lipinski definition) is 1. The van der Waals surface area contributed by atoms with Crippen LogP contribution in [0.4, 0.5) is 0 Å².